The Hall–Kier alpha value is -0.880. The molecule has 2 aromatic rings. The largest absolute Gasteiger partial charge is 0.157 e. The monoisotopic (exact) mass is 224 g/mol. The second kappa shape index (κ2) is 4.10. The Bertz CT molecular complexity index is 421. The summed E-state index contributed by atoms with van der Waals surface area (Å²) < 4.78 is 0. The molecule has 2 aromatic heterocycles. The van der Waals surface area contributed by atoms with Crippen molar-refractivity contribution < 1.29 is 0 Å². The van der Waals surface area contributed by atoms with E-state index in [9.17, 15) is 0 Å². The fourth-order valence-electron chi connectivity index (χ4n) is 1.17. The minimum atomic E-state index is 0.904. The van der Waals surface area contributed by atoms with E-state index in [0.29, 0.717) is 0 Å². The van der Waals surface area contributed by atoms with Gasteiger partial charge in [-0.3, -0.25) is 0 Å². The molecule has 0 aliphatic rings. The standard InChI is InChI=1S/C8H8N4S2/c1-13-7-6-5(3-9-11-7)4-10-12-8(6)14-2/h3-4H,1-2H3. The number of aromatic nitrogens is 4. The van der Waals surface area contributed by atoms with Gasteiger partial charge in [-0.2, -0.15) is 10.2 Å². The van der Waals surface area contributed by atoms with E-state index in [0.717, 1.165) is 20.8 Å². The van der Waals surface area contributed by atoms with Crippen LogP contribution >= 0.6 is 23.5 Å². The van der Waals surface area contributed by atoms with Crippen LogP contribution in [0.1, 0.15) is 0 Å². The molecule has 0 saturated carbocycles. The lowest BCUT2D eigenvalue weighted by Gasteiger charge is -2.03. The second-order valence-corrected chi connectivity index (χ2v) is 4.13. The van der Waals surface area contributed by atoms with Gasteiger partial charge in [0, 0.05) is 5.39 Å². The number of fused-ring (bicyclic) bond motifs is 1. The van der Waals surface area contributed by atoms with Crippen molar-refractivity contribution in [1.82, 2.24) is 20.4 Å². The maximum atomic E-state index is 4.07. The number of hydrogen-bond acceptors (Lipinski definition) is 6. The van der Waals surface area contributed by atoms with Crippen LogP contribution in [0.15, 0.2) is 22.4 Å². The van der Waals surface area contributed by atoms with Crippen molar-refractivity contribution in [3.63, 3.8) is 0 Å². The zero-order chi connectivity index (χ0) is 9.97. The van der Waals surface area contributed by atoms with E-state index in [1.54, 1.807) is 35.9 Å². The Labute approximate surface area is 89.9 Å². The van der Waals surface area contributed by atoms with Gasteiger partial charge >= 0.3 is 0 Å². The Balaban J connectivity index is 2.81. The van der Waals surface area contributed by atoms with E-state index >= 15 is 0 Å². The van der Waals surface area contributed by atoms with E-state index < -0.39 is 0 Å². The first-order valence-corrected chi connectivity index (χ1v) is 6.37. The minimum absolute atomic E-state index is 0.904. The van der Waals surface area contributed by atoms with E-state index in [4.69, 9.17) is 0 Å². The molecular weight excluding hydrogens is 216 g/mol. The molecule has 0 spiro atoms. The maximum absolute atomic E-state index is 4.07. The zero-order valence-electron chi connectivity index (χ0n) is 7.76. The van der Waals surface area contributed by atoms with Gasteiger partial charge in [-0.1, -0.05) is 0 Å². The van der Waals surface area contributed by atoms with Crippen LogP contribution in [0.2, 0.25) is 0 Å². The summed E-state index contributed by atoms with van der Waals surface area (Å²) >= 11 is 3.15. The first-order valence-electron chi connectivity index (χ1n) is 3.92. The maximum Gasteiger partial charge on any atom is 0.129 e. The first-order chi connectivity index (χ1) is 6.86. The SMILES string of the molecule is CSc1nncc2cnnc(SC)c12. The van der Waals surface area contributed by atoms with Gasteiger partial charge in [0.1, 0.15) is 10.1 Å². The molecule has 2 rings (SSSR count). The van der Waals surface area contributed by atoms with Gasteiger partial charge in [-0.25, -0.2) is 0 Å². The predicted molar refractivity (Wildman–Crippen MR) is 58.7 cm³/mol. The minimum Gasteiger partial charge on any atom is -0.157 e. The van der Waals surface area contributed by atoms with E-state index in [1.165, 1.54) is 0 Å². The second-order valence-electron chi connectivity index (χ2n) is 2.54. The highest BCUT2D eigenvalue weighted by Gasteiger charge is 2.08. The average molecular weight is 224 g/mol. The molecule has 0 saturated heterocycles. The summed E-state index contributed by atoms with van der Waals surface area (Å²) in [5.41, 5.74) is 0. The Morgan fingerprint density at radius 2 is 1.43 bits per heavy atom. The molecule has 0 atom stereocenters. The van der Waals surface area contributed by atoms with Crippen molar-refractivity contribution in [3.05, 3.63) is 12.4 Å². The summed E-state index contributed by atoms with van der Waals surface area (Å²) in [5, 5.41) is 19.8. The number of thioether (sulfide) groups is 2. The van der Waals surface area contributed by atoms with Gasteiger partial charge in [-0.15, -0.1) is 33.7 Å². The number of rotatable bonds is 2. The predicted octanol–water partition coefficient (Wildman–Crippen LogP) is 1.86. The van der Waals surface area contributed by atoms with Crippen LogP contribution in [0.3, 0.4) is 0 Å². The molecule has 0 unspecified atom stereocenters. The third-order valence-corrected chi connectivity index (χ3v) is 3.14. The van der Waals surface area contributed by atoms with Crippen LogP contribution in [0.25, 0.3) is 10.8 Å². The molecular formula is C8H8N4S2. The third kappa shape index (κ3) is 1.55. The third-order valence-electron chi connectivity index (χ3n) is 1.79. The van der Waals surface area contributed by atoms with Crippen LogP contribution in [0.5, 0.6) is 0 Å². The van der Waals surface area contributed by atoms with Crippen molar-refractivity contribution in [3.8, 4) is 0 Å². The summed E-state index contributed by atoms with van der Waals surface area (Å²) in [4.78, 5) is 0. The lowest BCUT2D eigenvalue weighted by molar-refractivity contribution is 0.907. The highest BCUT2D eigenvalue weighted by Crippen LogP contribution is 2.28. The van der Waals surface area contributed by atoms with Crippen LogP contribution in [-0.2, 0) is 0 Å². The molecule has 0 aliphatic carbocycles. The molecule has 0 N–H and O–H groups in total. The zero-order valence-corrected chi connectivity index (χ0v) is 9.39. The Morgan fingerprint density at radius 3 is 1.86 bits per heavy atom. The fourth-order valence-corrected chi connectivity index (χ4v) is 2.33. The van der Waals surface area contributed by atoms with Gasteiger partial charge in [0.2, 0.25) is 0 Å². The average Bonchev–Trinajstić information content (AvgIpc) is 2.27. The summed E-state index contributed by atoms with van der Waals surface area (Å²) in [7, 11) is 0. The number of hydrogen-bond donors (Lipinski definition) is 0. The highest BCUT2D eigenvalue weighted by atomic mass is 32.2. The van der Waals surface area contributed by atoms with Crippen molar-refractivity contribution in [2.75, 3.05) is 12.5 Å². The molecule has 2 heterocycles. The molecule has 4 nitrogen and oxygen atoms in total. The van der Waals surface area contributed by atoms with Crippen molar-refractivity contribution in [1.29, 1.82) is 0 Å². The molecule has 6 heteroatoms. The molecule has 0 aliphatic heterocycles. The Kier molecular flexibility index (Phi) is 2.83. The topological polar surface area (TPSA) is 51.6 Å². The van der Waals surface area contributed by atoms with Gasteiger partial charge in [0.25, 0.3) is 0 Å². The van der Waals surface area contributed by atoms with Crippen molar-refractivity contribution in [2.24, 2.45) is 0 Å². The Morgan fingerprint density at radius 1 is 0.929 bits per heavy atom. The van der Waals surface area contributed by atoms with Crippen LogP contribution in [0.4, 0.5) is 0 Å². The van der Waals surface area contributed by atoms with Gasteiger partial charge in [0.05, 0.1) is 17.8 Å². The van der Waals surface area contributed by atoms with E-state index in [-0.39, 0.29) is 0 Å². The summed E-state index contributed by atoms with van der Waals surface area (Å²) in [6, 6.07) is 0. The molecule has 0 bridgehead atoms. The molecule has 0 amide bonds. The van der Waals surface area contributed by atoms with E-state index in [1.807, 2.05) is 12.5 Å². The lowest BCUT2D eigenvalue weighted by Crippen LogP contribution is -1.92. The van der Waals surface area contributed by atoms with Crippen LogP contribution in [-0.4, -0.2) is 32.9 Å². The quantitative estimate of drug-likeness (QED) is 0.726. The van der Waals surface area contributed by atoms with Gasteiger partial charge in [0.15, 0.2) is 0 Å². The van der Waals surface area contributed by atoms with E-state index in [2.05, 4.69) is 20.4 Å². The smallest absolute Gasteiger partial charge is 0.129 e. The normalized spacial score (nSPS) is 10.7. The first kappa shape index (κ1) is 9.67. The van der Waals surface area contributed by atoms with Crippen LogP contribution in [0, 0.1) is 0 Å². The molecule has 0 fully saturated rings. The fraction of sp³-hybridized carbons (Fsp3) is 0.250. The highest BCUT2D eigenvalue weighted by molar-refractivity contribution is 7.99. The number of nitrogens with zero attached hydrogens (tertiary/aromatic N) is 4. The summed E-state index contributed by atoms with van der Waals surface area (Å²) in [6.45, 7) is 0. The molecule has 72 valence electrons. The van der Waals surface area contributed by atoms with Gasteiger partial charge in [-0.05, 0) is 12.5 Å². The van der Waals surface area contributed by atoms with Crippen molar-refractivity contribution >= 4 is 34.3 Å². The lowest BCUT2D eigenvalue weighted by atomic mass is 10.3. The molecule has 0 radical (unpaired) electrons. The molecule has 0 aromatic carbocycles. The van der Waals surface area contributed by atoms with Crippen LogP contribution < -0.4 is 0 Å². The van der Waals surface area contributed by atoms with Crippen molar-refractivity contribution in [2.45, 2.75) is 10.1 Å². The molecule has 14 heavy (non-hydrogen) atoms. The summed E-state index contributed by atoms with van der Waals surface area (Å²) in [6.07, 6.45) is 7.38. The summed E-state index contributed by atoms with van der Waals surface area (Å²) in [5.74, 6) is 0. The van der Waals surface area contributed by atoms with Gasteiger partial charge < -0.3 is 0 Å².